The molecule has 0 aromatic rings. The predicted molar refractivity (Wildman–Crippen MR) is 72.9 cm³/mol. The van der Waals surface area contributed by atoms with Crippen LogP contribution in [0.1, 0.15) is 59.3 Å². The number of hydrogen-bond acceptors (Lipinski definition) is 4. The number of rotatable bonds is 2. The Morgan fingerprint density at radius 1 is 1.16 bits per heavy atom. The highest BCUT2D eigenvalue weighted by Gasteiger charge is 2.49. The highest BCUT2D eigenvalue weighted by atomic mass is 16.6. The number of carbonyl (C=O) groups excluding carboxylic acids is 2. The standard InChI is InChI=1S/C15H25NO3/c1-14(2,3)19-13(18)15(8-4-5-9-15)16-10-6-12(17)7-11-16/h4-11H2,1-3H3. The SMILES string of the molecule is CC(C)(C)OC(=O)C1(N2CCC(=O)CC2)CCCC1. The first-order chi connectivity index (χ1) is 8.83. The van der Waals surface area contributed by atoms with E-state index in [-0.39, 0.29) is 5.97 Å². The lowest BCUT2D eigenvalue weighted by Crippen LogP contribution is -2.57. The van der Waals surface area contributed by atoms with Gasteiger partial charge in [-0.25, -0.2) is 0 Å². The topological polar surface area (TPSA) is 46.6 Å². The zero-order chi connectivity index (χ0) is 14.1. The summed E-state index contributed by atoms with van der Waals surface area (Å²) in [5.41, 5.74) is -0.910. The van der Waals surface area contributed by atoms with Crippen molar-refractivity contribution in [2.75, 3.05) is 13.1 Å². The van der Waals surface area contributed by atoms with E-state index in [1.165, 1.54) is 0 Å². The third-order valence-electron chi connectivity index (χ3n) is 4.14. The van der Waals surface area contributed by atoms with Crippen LogP contribution in [0.2, 0.25) is 0 Å². The van der Waals surface area contributed by atoms with Crippen molar-refractivity contribution < 1.29 is 14.3 Å². The third-order valence-corrected chi connectivity index (χ3v) is 4.14. The van der Waals surface area contributed by atoms with Gasteiger partial charge in [0, 0.05) is 25.9 Å². The molecule has 1 aliphatic heterocycles. The van der Waals surface area contributed by atoms with Crippen LogP contribution in [0.15, 0.2) is 0 Å². The molecule has 4 nitrogen and oxygen atoms in total. The number of nitrogens with zero attached hydrogens (tertiary/aromatic N) is 1. The van der Waals surface area contributed by atoms with Gasteiger partial charge in [-0.2, -0.15) is 0 Å². The Balaban J connectivity index is 2.13. The molecule has 0 radical (unpaired) electrons. The van der Waals surface area contributed by atoms with Gasteiger partial charge in [-0.05, 0) is 33.6 Å². The number of Topliss-reactive ketones (excluding diaryl/α,β-unsaturated/α-hetero) is 1. The Morgan fingerprint density at radius 2 is 1.68 bits per heavy atom. The van der Waals surface area contributed by atoms with E-state index in [0.29, 0.717) is 31.7 Å². The molecule has 0 atom stereocenters. The minimum atomic E-state index is -0.464. The number of hydrogen-bond donors (Lipinski definition) is 0. The van der Waals surface area contributed by atoms with E-state index < -0.39 is 11.1 Å². The van der Waals surface area contributed by atoms with E-state index in [1.807, 2.05) is 20.8 Å². The van der Waals surface area contributed by atoms with E-state index in [2.05, 4.69) is 4.90 Å². The summed E-state index contributed by atoms with van der Waals surface area (Å²) in [5, 5.41) is 0. The van der Waals surface area contributed by atoms with Crippen LogP contribution in [0.3, 0.4) is 0 Å². The highest BCUT2D eigenvalue weighted by molar-refractivity contribution is 5.83. The Morgan fingerprint density at radius 3 is 2.16 bits per heavy atom. The van der Waals surface area contributed by atoms with Gasteiger partial charge in [-0.15, -0.1) is 0 Å². The van der Waals surface area contributed by atoms with Gasteiger partial charge >= 0.3 is 5.97 Å². The number of ketones is 1. The fourth-order valence-electron chi connectivity index (χ4n) is 3.17. The molecule has 1 saturated heterocycles. The van der Waals surface area contributed by atoms with Crippen molar-refractivity contribution in [3.8, 4) is 0 Å². The third kappa shape index (κ3) is 3.16. The molecule has 2 rings (SSSR count). The molecule has 2 fully saturated rings. The first kappa shape index (κ1) is 14.5. The molecule has 19 heavy (non-hydrogen) atoms. The second-order valence-electron chi connectivity index (χ2n) is 6.77. The number of esters is 1. The highest BCUT2D eigenvalue weighted by Crippen LogP contribution is 2.38. The monoisotopic (exact) mass is 267 g/mol. The lowest BCUT2D eigenvalue weighted by Gasteiger charge is -2.42. The summed E-state index contributed by atoms with van der Waals surface area (Å²) in [6, 6.07) is 0. The van der Waals surface area contributed by atoms with Gasteiger partial charge < -0.3 is 4.74 Å². The van der Waals surface area contributed by atoms with Gasteiger partial charge in [0.1, 0.15) is 16.9 Å². The number of likely N-dealkylation sites (tertiary alicyclic amines) is 1. The maximum atomic E-state index is 12.6. The first-order valence-corrected chi connectivity index (χ1v) is 7.34. The summed E-state index contributed by atoms with van der Waals surface area (Å²) in [6.45, 7) is 7.14. The minimum Gasteiger partial charge on any atom is -0.459 e. The molecule has 108 valence electrons. The Bertz CT molecular complexity index is 354. The molecule has 1 saturated carbocycles. The van der Waals surface area contributed by atoms with Crippen molar-refractivity contribution in [3.63, 3.8) is 0 Å². The Kier molecular flexibility index (Phi) is 4.00. The zero-order valence-corrected chi connectivity index (χ0v) is 12.3. The van der Waals surface area contributed by atoms with Crippen LogP contribution in [0.25, 0.3) is 0 Å². The lowest BCUT2D eigenvalue weighted by molar-refractivity contribution is -0.171. The number of ether oxygens (including phenoxy) is 1. The first-order valence-electron chi connectivity index (χ1n) is 7.34. The molecule has 0 N–H and O–H groups in total. The molecule has 0 aromatic heterocycles. The molecule has 2 aliphatic rings. The maximum Gasteiger partial charge on any atom is 0.327 e. The van der Waals surface area contributed by atoms with Gasteiger partial charge in [0.15, 0.2) is 0 Å². The van der Waals surface area contributed by atoms with Gasteiger partial charge in [0.2, 0.25) is 0 Å². The van der Waals surface area contributed by atoms with Crippen LogP contribution in [-0.4, -0.2) is 40.9 Å². The molecule has 4 heteroatoms. The van der Waals surface area contributed by atoms with Crippen molar-refractivity contribution in [1.82, 2.24) is 4.90 Å². The quantitative estimate of drug-likeness (QED) is 0.720. The maximum absolute atomic E-state index is 12.6. The molecule has 0 amide bonds. The predicted octanol–water partition coefficient (Wildman–Crippen LogP) is 2.31. The van der Waals surface area contributed by atoms with Crippen LogP contribution in [0, 0.1) is 0 Å². The Hall–Kier alpha value is -0.900. The molecule has 1 heterocycles. The van der Waals surface area contributed by atoms with Crippen LogP contribution in [0.4, 0.5) is 0 Å². The normalized spacial score (nSPS) is 24.5. The largest absolute Gasteiger partial charge is 0.459 e. The van der Waals surface area contributed by atoms with Gasteiger partial charge in [0.05, 0.1) is 0 Å². The summed E-state index contributed by atoms with van der Waals surface area (Å²) in [4.78, 5) is 26.2. The summed E-state index contributed by atoms with van der Waals surface area (Å²) in [6.07, 6.45) is 5.04. The second-order valence-corrected chi connectivity index (χ2v) is 6.77. The average Bonchev–Trinajstić information content (AvgIpc) is 2.78. The fraction of sp³-hybridized carbons (Fsp3) is 0.867. The van der Waals surface area contributed by atoms with Crippen LogP contribution >= 0.6 is 0 Å². The summed E-state index contributed by atoms with van der Waals surface area (Å²) < 4.78 is 5.64. The summed E-state index contributed by atoms with van der Waals surface area (Å²) in [7, 11) is 0. The van der Waals surface area contributed by atoms with E-state index in [9.17, 15) is 9.59 Å². The minimum absolute atomic E-state index is 0.0909. The number of piperidine rings is 1. The van der Waals surface area contributed by atoms with Crippen molar-refractivity contribution in [1.29, 1.82) is 0 Å². The summed E-state index contributed by atoms with van der Waals surface area (Å²) in [5.74, 6) is 0.223. The number of carbonyl (C=O) groups is 2. The van der Waals surface area contributed by atoms with Crippen molar-refractivity contribution in [2.45, 2.75) is 70.4 Å². The summed E-state index contributed by atoms with van der Waals surface area (Å²) >= 11 is 0. The molecule has 0 unspecified atom stereocenters. The van der Waals surface area contributed by atoms with Gasteiger partial charge in [0.25, 0.3) is 0 Å². The Labute approximate surface area is 115 Å². The van der Waals surface area contributed by atoms with E-state index in [0.717, 1.165) is 25.7 Å². The van der Waals surface area contributed by atoms with Crippen molar-refractivity contribution >= 4 is 11.8 Å². The lowest BCUT2D eigenvalue weighted by atomic mass is 9.91. The second kappa shape index (κ2) is 5.23. The average molecular weight is 267 g/mol. The van der Waals surface area contributed by atoms with E-state index in [4.69, 9.17) is 4.74 Å². The molecular formula is C15H25NO3. The van der Waals surface area contributed by atoms with Crippen molar-refractivity contribution in [3.05, 3.63) is 0 Å². The molecule has 1 aliphatic carbocycles. The zero-order valence-electron chi connectivity index (χ0n) is 12.3. The van der Waals surface area contributed by atoms with Gasteiger partial charge in [-0.3, -0.25) is 14.5 Å². The molecule has 0 aromatic carbocycles. The van der Waals surface area contributed by atoms with Crippen molar-refractivity contribution in [2.24, 2.45) is 0 Å². The molecule has 0 bridgehead atoms. The van der Waals surface area contributed by atoms with Crippen LogP contribution in [0.5, 0.6) is 0 Å². The van der Waals surface area contributed by atoms with Crippen LogP contribution in [-0.2, 0) is 14.3 Å². The molecular weight excluding hydrogens is 242 g/mol. The van der Waals surface area contributed by atoms with E-state index in [1.54, 1.807) is 0 Å². The van der Waals surface area contributed by atoms with E-state index >= 15 is 0 Å². The molecule has 0 spiro atoms. The smallest absolute Gasteiger partial charge is 0.327 e. The van der Waals surface area contributed by atoms with Gasteiger partial charge in [-0.1, -0.05) is 12.8 Å². The fourth-order valence-corrected chi connectivity index (χ4v) is 3.17. The van der Waals surface area contributed by atoms with Crippen LogP contribution < -0.4 is 0 Å².